The van der Waals surface area contributed by atoms with Crippen molar-refractivity contribution in [3.8, 4) is 0 Å². The van der Waals surface area contributed by atoms with Crippen LogP contribution in [-0.2, 0) is 0 Å². The van der Waals surface area contributed by atoms with Gasteiger partial charge in [0.25, 0.3) is 0 Å². The first-order chi connectivity index (χ1) is 4.31. The van der Waals surface area contributed by atoms with Crippen molar-refractivity contribution in [2.45, 2.75) is 26.7 Å². The van der Waals surface area contributed by atoms with Crippen molar-refractivity contribution < 1.29 is 5.11 Å². The highest BCUT2D eigenvalue weighted by Crippen LogP contribution is 2.00. The second-order valence-corrected chi connectivity index (χ2v) is 2.13. The first-order valence-electron chi connectivity index (χ1n) is 3.46. The molecule has 58 valence electrons. The summed E-state index contributed by atoms with van der Waals surface area (Å²) in [5.41, 5.74) is 5.36. The molecule has 0 aliphatic heterocycles. The van der Waals surface area contributed by atoms with Gasteiger partial charge in [-0.2, -0.15) is 0 Å². The van der Waals surface area contributed by atoms with E-state index in [1.54, 1.807) is 0 Å². The summed E-state index contributed by atoms with van der Waals surface area (Å²) in [5, 5.41) is 7.00. The summed E-state index contributed by atoms with van der Waals surface area (Å²) in [6.45, 7) is 5.21. The Bertz CT molecular complexity index is 39.9. The molecule has 0 aliphatic rings. The molecule has 0 rings (SSSR count). The molecule has 0 heterocycles. The van der Waals surface area contributed by atoms with Gasteiger partial charge in [0, 0.05) is 7.11 Å². The SMILES string of the molecule is CCCC(C)CN.CO. The fourth-order valence-electron chi connectivity index (χ4n) is 0.611. The minimum Gasteiger partial charge on any atom is -0.400 e. The van der Waals surface area contributed by atoms with Crippen LogP contribution >= 0.6 is 0 Å². The Hall–Kier alpha value is -0.0800. The molecule has 0 aromatic rings. The lowest BCUT2D eigenvalue weighted by Gasteiger charge is -2.02. The largest absolute Gasteiger partial charge is 0.400 e. The zero-order valence-corrected chi connectivity index (χ0v) is 6.72. The van der Waals surface area contributed by atoms with Crippen molar-refractivity contribution in [3.05, 3.63) is 0 Å². The molecule has 0 fully saturated rings. The summed E-state index contributed by atoms with van der Waals surface area (Å²) in [6, 6.07) is 0. The van der Waals surface area contributed by atoms with Gasteiger partial charge in [0.05, 0.1) is 0 Å². The first kappa shape index (κ1) is 11.7. The fourth-order valence-corrected chi connectivity index (χ4v) is 0.611. The van der Waals surface area contributed by atoms with E-state index < -0.39 is 0 Å². The predicted octanol–water partition coefficient (Wildman–Crippen LogP) is 0.990. The second kappa shape index (κ2) is 10.8. The Morgan fingerprint density at radius 1 is 1.44 bits per heavy atom. The van der Waals surface area contributed by atoms with Crippen LogP contribution in [-0.4, -0.2) is 18.8 Å². The van der Waals surface area contributed by atoms with Crippen LogP contribution < -0.4 is 5.73 Å². The van der Waals surface area contributed by atoms with E-state index in [9.17, 15) is 0 Å². The molecule has 1 atom stereocenters. The summed E-state index contributed by atoms with van der Waals surface area (Å²) in [4.78, 5) is 0. The van der Waals surface area contributed by atoms with E-state index >= 15 is 0 Å². The van der Waals surface area contributed by atoms with Gasteiger partial charge in [0.15, 0.2) is 0 Å². The van der Waals surface area contributed by atoms with Gasteiger partial charge in [0.1, 0.15) is 0 Å². The van der Waals surface area contributed by atoms with Crippen LogP contribution in [0.1, 0.15) is 26.7 Å². The van der Waals surface area contributed by atoms with Gasteiger partial charge in [-0.1, -0.05) is 20.3 Å². The van der Waals surface area contributed by atoms with Crippen LogP contribution in [0.5, 0.6) is 0 Å². The Balaban J connectivity index is 0. The van der Waals surface area contributed by atoms with Crippen LogP contribution in [0.2, 0.25) is 0 Å². The molecule has 9 heavy (non-hydrogen) atoms. The summed E-state index contributed by atoms with van der Waals surface area (Å²) in [5.74, 6) is 0.727. The van der Waals surface area contributed by atoms with Gasteiger partial charge in [-0.25, -0.2) is 0 Å². The van der Waals surface area contributed by atoms with Gasteiger partial charge in [-0.3, -0.25) is 0 Å². The maximum Gasteiger partial charge on any atom is 0.0319 e. The third kappa shape index (κ3) is 11.5. The summed E-state index contributed by atoms with van der Waals surface area (Å²) < 4.78 is 0. The Morgan fingerprint density at radius 3 is 2.00 bits per heavy atom. The minimum atomic E-state index is 0.727. The third-order valence-electron chi connectivity index (χ3n) is 1.18. The zero-order valence-electron chi connectivity index (χ0n) is 6.72. The molecular formula is C7H19NO. The number of aliphatic hydroxyl groups is 1. The first-order valence-corrected chi connectivity index (χ1v) is 3.46. The fraction of sp³-hybridized carbons (Fsp3) is 1.00. The van der Waals surface area contributed by atoms with Gasteiger partial charge >= 0.3 is 0 Å². The van der Waals surface area contributed by atoms with Crippen molar-refractivity contribution in [1.82, 2.24) is 0 Å². The van der Waals surface area contributed by atoms with E-state index in [1.165, 1.54) is 12.8 Å². The molecule has 0 amide bonds. The molecule has 0 spiro atoms. The third-order valence-corrected chi connectivity index (χ3v) is 1.18. The lowest BCUT2D eigenvalue weighted by atomic mass is 10.1. The van der Waals surface area contributed by atoms with Gasteiger partial charge < -0.3 is 10.8 Å². The normalized spacial score (nSPS) is 11.7. The standard InChI is InChI=1S/C6H15N.CH4O/c1-3-4-6(2)5-7;1-2/h6H,3-5,7H2,1-2H3;2H,1H3. The highest BCUT2D eigenvalue weighted by atomic mass is 16.2. The second-order valence-electron chi connectivity index (χ2n) is 2.13. The molecule has 1 unspecified atom stereocenters. The monoisotopic (exact) mass is 133 g/mol. The number of hydrogen-bond acceptors (Lipinski definition) is 2. The molecule has 0 bridgehead atoms. The van der Waals surface area contributed by atoms with Crippen LogP contribution in [0.15, 0.2) is 0 Å². The van der Waals surface area contributed by atoms with Gasteiger partial charge in [-0.05, 0) is 18.9 Å². The quantitative estimate of drug-likeness (QED) is 0.603. The predicted molar refractivity (Wildman–Crippen MR) is 41.3 cm³/mol. The summed E-state index contributed by atoms with van der Waals surface area (Å²) >= 11 is 0. The van der Waals surface area contributed by atoms with E-state index in [4.69, 9.17) is 10.8 Å². The lowest BCUT2D eigenvalue weighted by Crippen LogP contribution is -2.09. The zero-order chi connectivity index (χ0) is 7.70. The van der Waals surface area contributed by atoms with Crippen LogP contribution in [0.4, 0.5) is 0 Å². The number of nitrogens with two attached hydrogens (primary N) is 1. The highest BCUT2D eigenvalue weighted by molar-refractivity contribution is 4.49. The number of hydrogen-bond donors (Lipinski definition) is 2. The lowest BCUT2D eigenvalue weighted by molar-refractivity contribution is 0.399. The van der Waals surface area contributed by atoms with Crippen molar-refractivity contribution in [2.24, 2.45) is 11.7 Å². The van der Waals surface area contributed by atoms with E-state index in [0.717, 1.165) is 19.6 Å². The van der Waals surface area contributed by atoms with E-state index in [0.29, 0.717) is 0 Å². The van der Waals surface area contributed by atoms with Crippen molar-refractivity contribution >= 4 is 0 Å². The molecule has 3 N–H and O–H groups in total. The molecule has 2 nitrogen and oxygen atoms in total. The maximum absolute atomic E-state index is 7.00. The topological polar surface area (TPSA) is 46.2 Å². The average molecular weight is 133 g/mol. The Kier molecular flexibility index (Phi) is 14.0. The molecule has 0 aliphatic carbocycles. The van der Waals surface area contributed by atoms with Crippen molar-refractivity contribution in [1.29, 1.82) is 0 Å². The summed E-state index contributed by atoms with van der Waals surface area (Å²) in [6.07, 6.45) is 2.54. The van der Waals surface area contributed by atoms with E-state index in [2.05, 4.69) is 13.8 Å². The van der Waals surface area contributed by atoms with E-state index in [-0.39, 0.29) is 0 Å². The molecule has 0 radical (unpaired) electrons. The molecule has 0 saturated heterocycles. The van der Waals surface area contributed by atoms with Crippen LogP contribution in [0.3, 0.4) is 0 Å². The van der Waals surface area contributed by atoms with Gasteiger partial charge in [-0.15, -0.1) is 0 Å². The minimum absolute atomic E-state index is 0.727. The Morgan fingerprint density at radius 2 is 1.89 bits per heavy atom. The van der Waals surface area contributed by atoms with Crippen molar-refractivity contribution in [2.75, 3.05) is 13.7 Å². The number of aliphatic hydroxyl groups excluding tert-OH is 1. The molecular weight excluding hydrogens is 114 g/mol. The molecule has 0 aromatic heterocycles. The smallest absolute Gasteiger partial charge is 0.0319 e. The van der Waals surface area contributed by atoms with Crippen molar-refractivity contribution in [3.63, 3.8) is 0 Å². The number of rotatable bonds is 3. The van der Waals surface area contributed by atoms with Crippen LogP contribution in [0, 0.1) is 5.92 Å². The molecule has 0 saturated carbocycles. The maximum atomic E-state index is 7.00. The van der Waals surface area contributed by atoms with Gasteiger partial charge in [0.2, 0.25) is 0 Å². The molecule has 2 heteroatoms. The molecule has 0 aromatic carbocycles. The Labute approximate surface area is 58.1 Å². The average Bonchev–Trinajstić information content (AvgIpc) is 1.93. The summed E-state index contributed by atoms with van der Waals surface area (Å²) in [7, 11) is 1.00. The highest BCUT2D eigenvalue weighted by Gasteiger charge is 1.92. The van der Waals surface area contributed by atoms with E-state index in [1.807, 2.05) is 0 Å². The van der Waals surface area contributed by atoms with Crippen LogP contribution in [0.25, 0.3) is 0 Å².